The summed E-state index contributed by atoms with van der Waals surface area (Å²) >= 11 is 11.8. The van der Waals surface area contributed by atoms with Crippen molar-refractivity contribution in [2.24, 2.45) is 0 Å². The molecule has 4 rings (SSSR count). The van der Waals surface area contributed by atoms with Gasteiger partial charge >= 0.3 is 6.18 Å². The van der Waals surface area contributed by atoms with Crippen molar-refractivity contribution in [1.82, 2.24) is 19.7 Å². The average molecular weight is 552 g/mol. The zero-order valence-electron chi connectivity index (χ0n) is 18.1. The largest absolute Gasteiger partial charge is 0.449 e. The molecular weight excluding hydrogens is 541 g/mol. The lowest BCUT2D eigenvalue weighted by Gasteiger charge is -2.15. The lowest BCUT2D eigenvalue weighted by Crippen LogP contribution is -2.27. The number of hydrogen-bond donors (Lipinski definition) is 1. The fourth-order valence-corrected chi connectivity index (χ4v) is 3.68. The molecule has 0 atom stereocenters. The number of nitrogens with zero attached hydrogens (tertiary/aromatic N) is 4. The molecule has 0 aliphatic rings. The SMILES string of the molecule is N#Cc1cc(Cl)cc(Oc2c(C(F)(F)F)ncn(Cc3cc(-c4cc(Cl)ccc4F)c(=O)[nH]n3)c2=O)c1. The molecule has 8 nitrogen and oxygen atoms in total. The van der Waals surface area contributed by atoms with E-state index in [1.807, 2.05) is 0 Å². The Morgan fingerprint density at radius 1 is 1.05 bits per heavy atom. The summed E-state index contributed by atoms with van der Waals surface area (Å²) in [6.45, 7) is -0.467. The Hall–Kier alpha value is -4.21. The minimum Gasteiger partial charge on any atom is -0.449 e. The zero-order valence-corrected chi connectivity index (χ0v) is 19.6. The third kappa shape index (κ3) is 5.63. The molecule has 0 fully saturated rings. The summed E-state index contributed by atoms with van der Waals surface area (Å²) in [7, 11) is 0. The van der Waals surface area contributed by atoms with E-state index in [0.29, 0.717) is 6.33 Å². The van der Waals surface area contributed by atoms with Gasteiger partial charge in [0.15, 0.2) is 5.69 Å². The normalized spacial score (nSPS) is 11.3. The lowest BCUT2D eigenvalue weighted by atomic mass is 10.1. The number of halogens is 6. The van der Waals surface area contributed by atoms with Gasteiger partial charge in [-0.3, -0.25) is 14.2 Å². The predicted octanol–water partition coefficient (Wildman–Crippen LogP) is 5.17. The second kappa shape index (κ2) is 10.0. The molecule has 0 radical (unpaired) electrons. The van der Waals surface area contributed by atoms with E-state index >= 15 is 0 Å². The van der Waals surface area contributed by atoms with Crippen molar-refractivity contribution in [3.8, 4) is 28.7 Å². The second-order valence-electron chi connectivity index (χ2n) is 7.47. The number of hydrogen-bond acceptors (Lipinski definition) is 6. The van der Waals surface area contributed by atoms with E-state index in [9.17, 15) is 27.2 Å². The van der Waals surface area contributed by atoms with Gasteiger partial charge in [0, 0.05) is 15.6 Å². The van der Waals surface area contributed by atoms with E-state index in [1.54, 1.807) is 6.07 Å². The van der Waals surface area contributed by atoms with Gasteiger partial charge in [-0.05, 0) is 42.5 Å². The summed E-state index contributed by atoms with van der Waals surface area (Å²) in [6.07, 6.45) is -4.43. The molecule has 14 heteroatoms. The monoisotopic (exact) mass is 551 g/mol. The standard InChI is InChI=1S/C23H11Cl2F4N5O3/c24-12-1-2-18(26)16(6-12)17-7-14(32-33-21(17)35)9-34-10-31-20(23(27,28)29)19(22(34)36)37-15-4-11(8-30)3-13(25)5-15/h1-7,10H,9H2,(H,33,35). The first kappa shape index (κ1) is 25.9. The van der Waals surface area contributed by atoms with Gasteiger partial charge in [-0.1, -0.05) is 23.2 Å². The van der Waals surface area contributed by atoms with Gasteiger partial charge in [0.2, 0.25) is 5.75 Å². The smallest absolute Gasteiger partial charge is 0.437 e. The third-order valence-electron chi connectivity index (χ3n) is 4.89. The molecular formula is C23H11Cl2F4N5O3. The van der Waals surface area contributed by atoms with Gasteiger partial charge in [-0.15, -0.1) is 0 Å². The first-order valence-electron chi connectivity index (χ1n) is 10.1. The molecule has 4 aromatic rings. The number of H-pyrrole nitrogens is 1. The number of nitrogens with one attached hydrogen (secondary N) is 1. The second-order valence-corrected chi connectivity index (χ2v) is 8.34. The minimum absolute atomic E-state index is 0.00922. The van der Waals surface area contributed by atoms with Crippen LogP contribution < -0.4 is 15.9 Å². The molecule has 0 spiro atoms. The fraction of sp³-hybridized carbons (Fsp3) is 0.0870. The Bertz CT molecular complexity index is 1680. The van der Waals surface area contributed by atoms with Crippen molar-refractivity contribution in [2.75, 3.05) is 0 Å². The Labute approximate surface area is 214 Å². The van der Waals surface area contributed by atoms with Gasteiger partial charge in [0.05, 0.1) is 35.8 Å². The van der Waals surface area contributed by atoms with Crippen molar-refractivity contribution < 1.29 is 22.3 Å². The fourth-order valence-electron chi connectivity index (χ4n) is 3.29. The van der Waals surface area contributed by atoms with Crippen LogP contribution in [0.15, 0.2) is 58.4 Å². The molecule has 0 amide bonds. The number of nitriles is 1. The molecule has 0 aliphatic carbocycles. The van der Waals surface area contributed by atoms with E-state index in [2.05, 4.69) is 15.2 Å². The van der Waals surface area contributed by atoms with Gasteiger partial charge in [-0.2, -0.15) is 23.5 Å². The number of ether oxygens (including phenoxy) is 1. The van der Waals surface area contributed by atoms with Crippen molar-refractivity contribution >= 4 is 23.2 Å². The van der Waals surface area contributed by atoms with Crippen molar-refractivity contribution in [3.63, 3.8) is 0 Å². The van der Waals surface area contributed by atoms with Crippen LogP contribution in [0.3, 0.4) is 0 Å². The quantitative estimate of drug-likeness (QED) is 0.342. The molecule has 1 N–H and O–H groups in total. The highest BCUT2D eigenvalue weighted by Crippen LogP contribution is 2.35. The first-order chi connectivity index (χ1) is 17.5. The maximum atomic E-state index is 14.3. The molecule has 0 saturated heterocycles. The van der Waals surface area contributed by atoms with Crippen LogP contribution in [0.4, 0.5) is 17.6 Å². The van der Waals surface area contributed by atoms with Crippen LogP contribution in [-0.4, -0.2) is 19.7 Å². The third-order valence-corrected chi connectivity index (χ3v) is 5.35. The van der Waals surface area contributed by atoms with Crippen LogP contribution in [0.2, 0.25) is 10.0 Å². The van der Waals surface area contributed by atoms with Gasteiger partial charge in [-0.25, -0.2) is 14.5 Å². The maximum Gasteiger partial charge on any atom is 0.437 e. The summed E-state index contributed by atoms with van der Waals surface area (Å²) in [4.78, 5) is 28.6. The lowest BCUT2D eigenvalue weighted by molar-refractivity contribution is -0.142. The van der Waals surface area contributed by atoms with Crippen LogP contribution >= 0.6 is 23.2 Å². The molecule has 2 heterocycles. The minimum atomic E-state index is -5.06. The molecule has 0 aliphatic heterocycles. The van der Waals surface area contributed by atoms with Gasteiger partial charge in [0.1, 0.15) is 11.6 Å². The van der Waals surface area contributed by atoms with Crippen LogP contribution in [-0.2, 0) is 12.7 Å². The van der Waals surface area contributed by atoms with Crippen molar-refractivity contribution in [3.05, 3.63) is 102 Å². The summed E-state index contributed by atoms with van der Waals surface area (Å²) < 4.78 is 61.1. The Kier molecular flexibility index (Phi) is 7.02. The Morgan fingerprint density at radius 3 is 2.51 bits per heavy atom. The maximum absolute atomic E-state index is 14.3. The zero-order chi connectivity index (χ0) is 26.9. The molecule has 37 heavy (non-hydrogen) atoms. The Morgan fingerprint density at radius 2 is 1.81 bits per heavy atom. The Balaban J connectivity index is 1.78. The highest BCUT2D eigenvalue weighted by molar-refractivity contribution is 6.31. The number of aromatic nitrogens is 4. The van der Waals surface area contributed by atoms with Crippen LogP contribution in [0.5, 0.6) is 11.5 Å². The van der Waals surface area contributed by atoms with Crippen molar-refractivity contribution in [2.45, 2.75) is 12.7 Å². The van der Waals surface area contributed by atoms with E-state index in [1.165, 1.54) is 18.2 Å². The molecule has 0 bridgehead atoms. The number of alkyl halides is 3. The number of benzene rings is 2. The number of rotatable bonds is 5. The summed E-state index contributed by atoms with van der Waals surface area (Å²) in [5, 5.41) is 15.1. The van der Waals surface area contributed by atoms with Gasteiger partial charge in [0.25, 0.3) is 11.1 Å². The van der Waals surface area contributed by atoms with Crippen LogP contribution in [0, 0.1) is 17.1 Å². The van der Waals surface area contributed by atoms with E-state index in [-0.39, 0.29) is 38.2 Å². The van der Waals surface area contributed by atoms with E-state index < -0.39 is 41.1 Å². The van der Waals surface area contributed by atoms with Crippen LogP contribution in [0.1, 0.15) is 17.0 Å². The van der Waals surface area contributed by atoms with Crippen LogP contribution in [0.25, 0.3) is 11.1 Å². The summed E-state index contributed by atoms with van der Waals surface area (Å²) in [5.41, 5.74) is -3.96. The topological polar surface area (TPSA) is 114 Å². The highest BCUT2D eigenvalue weighted by atomic mass is 35.5. The average Bonchev–Trinajstić information content (AvgIpc) is 2.83. The first-order valence-corrected chi connectivity index (χ1v) is 10.8. The van der Waals surface area contributed by atoms with E-state index in [0.717, 1.165) is 28.8 Å². The number of aromatic amines is 1. The van der Waals surface area contributed by atoms with E-state index in [4.69, 9.17) is 33.2 Å². The van der Waals surface area contributed by atoms with Gasteiger partial charge < -0.3 is 4.74 Å². The molecule has 2 aromatic heterocycles. The molecule has 0 saturated carbocycles. The summed E-state index contributed by atoms with van der Waals surface area (Å²) in [6, 6.07) is 9.95. The molecule has 0 unspecified atom stereocenters. The molecule has 188 valence electrons. The molecule has 2 aromatic carbocycles. The van der Waals surface area contributed by atoms with Crippen molar-refractivity contribution in [1.29, 1.82) is 5.26 Å². The predicted molar refractivity (Wildman–Crippen MR) is 124 cm³/mol. The highest BCUT2D eigenvalue weighted by Gasteiger charge is 2.38. The summed E-state index contributed by atoms with van der Waals surface area (Å²) in [5.74, 6) is -2.23.